The standard InChI is InChI=1S/C28H31F3N4O5/c29-28(30,31)39-23-14-12-20(13-15-23)27(38)34-22-10-6-9-21(17-22)26(37)32-16-5-4-11-25(36)35-33-18-24(40-35)19-7-2-1-3-8-19/h1-3,7-8,12-15,18,21-22,33H,4-6,9-11,16-17H2,(H,32,37)(H,34,38)/t21?,22-/m0/s1. The van der Waals surface area contributed by atoms with Crippen LogP contribution in [0.3, 0.4) is 0 Å². The number of carbonyl (C=O) groups is 3. The van der Waals surface area contributed by atoms with E-state index in [0.29, 0.717) is 44.4 Å². The molecule has 0 radical (unpaired) electrons. The molecule has 2 atom stereocenters. The average molecular weight is 561 g/mol. The smallest absolute Gasteiger partial charge is 0.406 e. The van der Waals surface area contributed by atoms with E-state index < -0.39 is 18.0 Å². The van der Waals surface area contributed by atoms with Crippen molar-refractivity contribution in [3.05, 3.63) is 71.9 Å². The fraction of sp³-hybridized carbons (Fsp3) is 0.393. The number of alkyl halides is 3. The van der Waals surface area contributed by atoms with Crippen molar-refractivity contribution in [1.82, 2.24) is 21.2 Å². The Kier molecular flexibility index (Phi) is 9.52. The van der Waals surface area contributed by atoms with Gasteiger partial charge >= 0.3 is 6.36 Å². The number of hydrogen-bond donors (Lipinski definition) is 3. The van der Waals surface area contributed by atoms with Gasteiger partial charge in [-0.15, -0.1) is 13.2 Å². The quantitative estimate of drug-likeness (QED) is 0.371. The third kappa shape index (κ3) is 8.39. The summed E-state index contributed by atoms with van der Waals surface area (Å²) in [6.07, 6.45) is 0.899. The van der Waals surface area contributed by atoms with Crippen LogP contribution in [0.25, 0.3) is 5.76 Å². The topological polar surface area (TPSA) is 109 Å². The molecular weight excluding hydrogens is 529 g/mol. The van der Waals surface area contributed by atoms with Gasteiger partial charge in [-0.2, -0.15) is 0 Å². The molecule has 4 rings (SSSR count). The van der Waals surface area contributed by atoms with Gasteiger partial charge in [0.1, 0.15) is 5.75 Å². The average Bonchev–Trinajstić information content (AvgIpc) is 3.43. The van der Waals surface area contributed by atoms with Gasteiger partial charge in [0.05, 0.1) is 6.20 Å². The molecule has 2 aromatic rings. The Morgan fingerprint density at radius 1 is 1.02 bits per heavy atom. The number of hydroxylamine groups is 1. The van der Waals surface area contributed by atoms with E-state index in [2.05, 4.69) is 20.8 Å². The molecule has 12 heteroatoms. The Balaban J connectivity index is 1.12. The Bertz CT molecular complexity index is 1200. The summed E-state index contributed by atoms with van der Waals surface area (Å²) < 4.78 is 40.8. The zero-order valence-corrected chi connectivity index (χ0v) is 21.7. The Morgan fingerprint density at radius 2 is 1.77 bits per heavy atom. The van der Waals surface area contributed by atoms with Gasteiger partial charge < -0.3 is 20.2 Å². The van der Waals surface area contributed by atoms with Gasteiger partial charge in [0, 0.05) is 36.1 Å². The van der Waals surface area contributed by atoms with Crippen LogP contribution < -0.4 is 20.8 Å². The van der Waals surface area contributed by atoms with E-state index in [0.717, 1.165) is 29.3 Å². The molecule has 0 aromatic heterocycles. The second kappa shape index (κ2) is 13.2. The van der Waals surface area contributed by atoms with Crippen LogP contribution in [0, 0.1) is 5.92 Å². The number of benzene rings is 2. The van der Waals surface area contributed by atoms with Crippen LogP contribution >= 0.6 is 0 Å². The van der Waals surface area contributed by atoms with Gasteiger partial charge in [-0.05, 0) is 56.4 Å². The molecule has 1 unspecified atom stereocenters. The summed E-state index contributed by atoms with van der Waals surface area (Å²) in [5, 5.41) is 6.88. The van der Waals surface area contributed by atoms with Gasteiger partial charge in [-0.1, -0.05) is 41.9 Å². The first-order chi connectivity index (χ1) is 19.2. The van der Waals surface area contributed by atoms with Crippen molar-refractivity contribution in [3.63, 3.8) is 0 Å². The number of hydrogen-bond acceptors (Lipinski definition) is 6. The predicted octanol–water partition coefficient (Wildman–Crippen LogP) is 4.44. The lowest BCUT2D eigenvalue weighted by Gasteiger charge is -2.29. The highest BCUT2D eigenvalue weighted by Crippen LogP contribution is 2.26. The molecule has 0 spiro atoms. The van der Waals surface area contributed by atoms with Crippen LogP contribution in [0.4, 0.5) is 13.2 Å². The number of hydrazine groups is 1. The van der Waals surface area contributed by atoms with Crippen LogP contribution in [-0.2, 0) is 14.4 Å². The summed E-state index contributed by atoms with van der Waals surface area (Å²) in [4.78, 5) is 43.2. The number of rotatable bonds is 10. The molecule has 0 saturated heterocycles. The Morgan fingerprint density at radius 3 is 2.50 bits per heavy atom. The van der Waals surface area contributed by atoms with Crippen molar-refractivity contribution in [1.29, 1.82) is 0 Å². The number of nitrogens with one attached hydrogen (secondary N) is 3. The van der Waals surface area contributed by atoms with Crippen LogP contribution in [0.15, 0.2) is 60.8 Å². The van der Waals surface area contributed by atoms with Crippen molar-refractivity contribution in [2.24, 2.45) is 5.92 Å². The van der Waals surface area contributed by atoms with Crippen molar-refractivity contribution in [2.75, 3.05) is 6.54 Å². The van der Waals surface area contributed by atoms with Gasteiger partial charge in [-0.25, -0.2) is 0 Å². The first-order valence-corrected chi connectivity index (χ1v) is 13.1. The van der Waals surface area contributed by atoms with Gasteiger partial charge in [0.25, 0.3) is 11.8 Å². The third-order valence-electron chi connectivity index (χ3n) is 6.63. The summed E-state index contributed by atoms with van der Waals surface area (Å²) in [6, 6.07) is 13.9. The van der Waals surface area contributed by atoms with E-state index >= 15 is 0 Å². The van der Waals surface area contributed by atoms with Crippen molar-refractivity contribution in [3.8, 4) is 5.75 Å². The zero-order chi connectivity index (χ0) is 28.5. The Hall–Kier alpha value is -4.22. The number of unbranched alkanes of at least 4 members (excludes halogenated alkanes) is 1. The number of amides is 3. The maximum absolute atomic E-state index is 12.7. The van der Waals surface area contributed by atoms with E-state index in [1.165, 1.54) is 12.1 Å². The zero-order valence-electron chi connectivity index (χ0n) is 21.7. The largest absolute Gasteiger partial charge is 0.573 e. The van der Waals surface area contributed by atoms with Crippen LogP contribution in [0.2, 0.25) is 0 Å². The molecular formula is C28H31F3N4O5. The molecule has 214 valence electrons. The van der Waals surface area contributed by atoms with E-state index in [1.807, 2.05) is 30.3 Å². The van der Waals surface area contributed by atoms with E-state index in [9.17, 15) is 27.6 Å². The Labute approximate surface area is 229 Å². The minimum Gasteiger partial charge on any atom is -0.406 e. The van der Waals surface area contributed by atoms with Crippen molar-refractivity contribution < 1.29 is 37.1 Å². The second-order valence-electron chi connectivity index (χ2n) is 9.64. The summed E-state index contributed by atoms with van der Waals surface area (Å²) in [5.74, 6) is -0.846. The molecule has 1 fully saturated rings. The van der Waals surface area contributed by atoms with E-state index in [1.54, 1.807) is 6.20 Å². The van der Waals surface area contributed by atoms with E-state index in [4.69, 9.17) is 4.84 Å². The maximum Gasteiger partial charge on any atom is 0.573 e. The molecule has 1 aliphatic heterocycles. The number of nitrogens with zero attached hydrogens (tertiary/aromatic N) is 1. The lowest BCUT2D eigenvalue weighted by atomic mass is 9.85. The van der Waals surface area contributed by atoms with Crippen molar-refractivity contribution in [2.45, 2.75) is 57.3 Å². The highest BCUT2D eigenvalue weighted by molar-refractivity contribution is 5.94. The number of ether oxygens (including phenoxy) is 1. The second-order valence-corrected chi connectivity index (χ2v) is 9.64. The summed E-state index contributed by atoms with van der Waals surface area (Å²) in [5.41, 5.74) is 3.86. The van der Waals surface area contributed by atoms with Crippen LogP contribution in [0.1, 0.15) is 60.9 Å². The number of halogens is 3. The summed E-state index contributed by atoms with van der Waals surface area (Å²) in [7, 11) is 0. The molecule has 2 aliphatic rings. The normalized spacial score (nSPS) is 18.7. The highest BCUT2D eigenvalue weighted by Gasteiger charge is 2.31. The molecule has 9 nitrogen and oxygen atoms in total. The first-order valence-electron chi connectivity index (χ1n) is 13.1. The minimum absolute atomic E-state index is 0.0971. The SMILES string of the molecule is O=C(N[C@H]1CCCC(C(=O)NCCCCC(=O)N2NC=C(c3ccccc3)O2)C1)c1ccc(OC(F)(F)F)cc1. The summed E-state index contributed by atoms with van der Waals surface area (Å²) >= 11 is 0. The molecule has 1 saturated carbocycles. The molecule has 2 aromatic carbocycles. The van der Waals surface area contributed by atoms with E-state index in [-0.39, 0.29) is 35.8 Å². The van der Waals surface area contributed by atoms with Crippen molar-refractivity contribution >= 4 is 23.5 Å². The maximum atomic E-state index is 12.7. The minimum atomic E-state index is -4.80. The molecule has 1 heterocycles. The van der Waals surface area contributed by atoms with Gasteiger partial charge in [-0.3, -0.25) is 19.8 Å². The lowest BCUT2D eigenvalue weighted by molar-refractivity contribution is -0.274. The highest BCUT2D eigenvalue weighted by atomic mass is 19.4. The molecule has 3 N–H and O–H groups in total. The lowest BCUT2D eigenvalue weighted by Crippen LogP contribution is -2.42. The fourth-order valence-electron chi connectivity index (χ4n) is 4.62. The van der Waals surface area contributed by atoms with Crippen LogP contribution in [0.5, 0.6) is 5.75 Å². The fourth-order valence-corrected chi connectivity index (χ4v) is 4.62. The van der Waals surface area contributed by atoms with Crippen LogP contribution in [-0.4, -0.2) is 41.8 Å². The monoisotopic (exact) mass is 560 g/mol. The van der Waals surface area contributed by atoms with Gasteiger partial charge in [0.2, 0.25) is 5.91 Å². The predicted molar refractivity (Wildman–Crippen MR) is 139 cm³/mol. The number of carbonyl (C=O) groups excluding carboxylic acids is 3. The summed E-state index contributed by atoms with van der Waals surface area (Å²) in [6.45, 7) is 0.424. The molecule has 1 aliphatic carbocycles. The van der Waals surface area contributed by atoms with Gasteiger partial charge in [0.15, 0.2) is 5.76 Å². The molecule has 0 bridgehead atoms. The third-order valence-corrected chi connectivity index (χ3v) is 6.63. The first kappa shape index (κ1) is 28.8. The molecule has 40 heavy (non-hydrogen) atoms. The molecule has 3 amide bonds.